The molecule has 0 saturated heterocycles. The van der Waals surface area contributed by atoms with E-state index in [9.17, 15) is 0 Å². The maximum atomic E-state index is 6.16. The van der Waals surface area contributed by atoms with Crippen molar-refractivity contribution in [3.8, 4) is 169 Å². The minimum atomic E-state index is 0.639. The van der Waals surface area contributed by atoms with Gasteiger partial charge in [-0.3, -0.25) is 0 Å². The van der Waals surface area contributed by atoms with Crippen molar-refractivity contribution in [1.29, 1.82) is 0 Å². The highest BCUT2D eigenvalue weighted by atomic mass is 32.1. The summed E-state index contributed by atoms with van der Waals surface area (Å²) >= 11 is 3.74. The van der Waals surface area contributed by atoms with Gasteiger partial charge in [-0.15, -0.1) is 22.7 Å². The van der Waals surface area contributed by atoms with Crippen LogP contribution in [-0.2, 0) is 0 Å². The summed E-state index contributed by atoms with van der Waals surface area (Å²) in [5, 5.41) is 12.3. The lowest BCUT2D eigenvalue weighted by molar-refractivity contribution is 0.669. The highest BCUT2D eigenvalue weighted by Crippen LogP contribution is 2.47. The fraction of sp³-hybridized carbons (Fsp3) is 0. The fourth-order valence-corrected chi connectivity index (χ4v) is 21.1. The number of para-hydroxylation sites is 1. The molecule has 0 aliphatic heterocycles. The third-order valence-corrected chi connectivity index (χ3v) is 27.7. The van der Waals surface area contributed by atoms with Crippen LogP contribution in [0.15, 0.2) is 484 Å². The second kappa shape index (κ2) is 36.4. The van der Waals surface area contributed by atoms with Gasteiger partial charge in [0.15, 0.2) is 52.4 Å². The molecule has 0 aliphatic rings. The molecule has 0 fully saturated rings. The van der Waals surface area contributed by atoms with Crippen LogP contribution < -0.4 is 0 Å². The first-order chi connectivity index (χ1) is 67.9. The summed E-state index contributed by atoms with van der Waals surface area (Å²) in [6, 6.07) is 167. The third kappa shape index (κ3) is 16.3. The van der Waals surface area contributed by atoms with Gasteiger partial charge in [-0.25, -0.2) is 44.9 Å². The Labute approximate surface area is 798 Å². The molecule has 0 atom stereocenters. The fourth-order valence-electron chi connectivity index (χ4n) is 18.6. The number of hydrogen-bond acceptors (Lipinski definition) is 12. The van der Waals surface area contributed by atoms with Crippen LogP contribution in [0, 0.1) is 0 Å². The number of thiophene rings is 2. The second-order valence-electron chi connectivity index (χ2n) is 33.7. The summed E-state index contributed by atoms with van der Waals surface area (Å²) in [6.07, 6.45) is 0. The van der Waals surface area contributed by atoms with Crippen molar-refractivity contribution >= 4 is 107 Å². The van der Waals surface area contributed by atoms with Crippen LogP contribution in [0.25, 0.3) is 253 Å². The van der Waals surface area contributed by atoms with E-state index in [1.807, 2.05) is 223 Å². The Hall–Kier alpha value is -17.8. The summed E-state index contributed by atoms with van der Waals surface area (Å²) in [5.41, 5.74) is 24.6. The Bertz CT molecular complexity index is 8850. The van der Waals surface area contributed by atoms with Gasteiger partial charge in [0.25, 0.3) is 0 Å². The van der Waals surface area contributed by atoms with Gasteiger partial charge in [-0.05, 0) is 131 Å². The zero-order valence-corrected chi connectivity index (χ0v) is 75.5. The molecule has 0 amide bonds. The topological polar surface area (TPSA) is 129 Å². The summed E-state index contributed by atoms with van der Waals surface area (Å²) in [4.78, 5) is 44.3. The van der Waals surface area contributed by atoms with Crippen LogP contribution in [0.5, 0.6) is 0 Å². The minimum Gasteiger partial charge on any atom is -0.456 e. The monoisotopic (exact) mass is 1790 g/mol. The normalized spacial score (nSPS) is 11.4. The average molecular weight is 1790 g/mol. The lowest BCUT2D eigenvalue weighted by atomic mass is 9.91. The summed E-state index contributed by atoms with van der Waals surface area (Å²) in [5.74, 6) is 5.89. The quantitative estimate of drug-likeness (QED) is 0.0978. The molecule has 0 spiro atoms. The van der Waals surface area contributed by atoms with Crippen molar-refractivity contribution < 1.29 is 4.42 Å². The SMILES string of the molecule is c1ccc(-c2nc(-c3ccccc3)nc(-c3ccc(-c4ccc(-c5cccc6c5sc5ccccc56)c5ccccc45)cc3)n2)cc1.c1ccc(-c2nc(-c3ccccc3)nc(-c3ccc(-c4cccc(-c5cccc6c5sc5ccccc56)c4)c4ccccc34)n2)cc1.c1ccc(-c2nc(-c3ccccc3)nc(-c3cccc(-c4cccc(-c5cccc6oc7ccccc7c56)c4)c3)n2)cc1. The molecule has 0 saturated carbocycles. The predicted molar refractivity (Wildman–Crippen MR) is 569 cm³/mol. The maximum absolute atomic E-state index is 6.16. The van der Waals surface area contributed by atoms with Crippen molar-refractivity contribution in [2.75, 3.05) is 0 Å². The van der Waals surface area contributed by atoms with Crippen LogP contribution in [0.4, 0.5) is 0 Å². The Morgan fingerprint density at radius 1 is 0.139 bits per heavy atom. The van der Waals surface area contributed by atoms with Gasteiger partial charge >= 0.3 is 0 Å². The van der Waals surface area contributed by atoms with Gasteiger partial charge < -0.3 is 4.42 Å². The number of rotatable bonds is 15. The largest absolute Gasteiger partial charge is 0.456 e. The number of fused-ring (bicyclic) bond motifs is 11. The van der Waals surface area contributed by atoms with E-state index in [1.165, 1.54) is 90.1 Å². The van der Waals surface area contributed by atoms with Crippen molar-refractivity contribution in [2.24, 2.45) is 0 Å². The van der Waals surface area contributed by atoms with Crippen molar-refractivity contribution in [2.45, 2.75) is 0 Å². The number of aromatic nitrogens is 9. The van der Waals surface area contributed by atoms with Crippen LogP contribution in [0.3, 0.4) is 0 Å². The smallest absolute Gasteiger partial charge is 0.164 e. The summed E-state index contributed by atoms with van der Waals surface area (Å²) in [7, 11) is 0. The van der Waals surface area contributed by atoms with Crippen LogP contribution in [-0.4, -0.2) is 44.9 Å². The molecule has 12 heteroatoms. The summed E-state index contributed by atoms with van der Waals surface area (Å²) in [6.45, 7) is 0. The van der Waals surface area contributed by atoms with Gasteiger partial charge in [-0.2, -0.15) is 0 Å². The van der Waals surface area contributed by atoms with E-state index in [-0.39, 0.29) is 0 Å². The van der Waals surface area contributed by atoms with Gasteiger partial charge in [0.05, 0.1) is 0 Å². The minimum absolute atomic E-state index is 0.639. The van der Waals surface area contributed by atoms with E-state index in [1.54, 1.807) is 0 Å². The molecule has 0 aliphatic carbocycles. The number of hydrogen-bond donors (Lipinski definition) is 0. The van der Waals surface area contributed by atoms with E-state index in [4.69, 9.17) is 49.3 Å². The number of furan rings is 1. The van der Waals surface area contributed by atoms with Gasteiger partial charge in [-0.1, -0.05) is 431 Å². The average Bonchev–Trinajstić information content (AvgIpc) is 1.66. The maximum Gasteiger partial charge on any atom is 0.164 e. The molecule has 6 aromatic heterocycles. The van der Waals surface area contributed by atoms with E-state index in [2.05, 4.69) is 279 Å². The molecule has 26 aromatic rings. The number of benzene rings is 20. The Kier molecular flexibility index (Phi) is 21.9. The van der Waals surface area contributed by atoms with E-state index >= 15 is 0 Å². The van der Waals surface area contributed by atoms with Crippen LogP contribution >= 0.6 is 22.7 Å². The van der Waals surface area contributed by atoms with Gasteiger partial charge in [0.1, 0.15) is 11.2 Å². The first-order valence-corrected chi connectivity index (χ1v) is 47.3. The van der Waals surface area contributed by atoms with Gasteiger partial charge in [0.2, 0.25) is 0 Å². The first kappa shape index (κ1) is 82.3. The second-order valence-corrected chi connectivity index (χ2v) is 35.8. The predicted octanol–water partition coefficient (Wildman–Crippen LogP) is 33.6. The van der Waals surface area contributed by atoms with E-state index < -0.39 is 0 Å². The molecule has 6 heterocycles. The van der Waals surface area contributed by atoms with Crippen LogP contribution in [0.1, 0.15) is 0 Å². The number of nitrogens with zero attached hydrogens (tertiary/aromatic N) is 9. The van der Waals surface area contributed by atoms with Crippen molar-refractivity contribution in [1.82, 2.24) is 44.9 Å². The standard InChI is InChI=1S/2C43H27N3S.C39H25N3O/c1-3-13-28(14-4-1)41-44-42(29-15-5-2-6-16-29)46-43(45-41)38-26-25-32(34-19-7-8-20-35(34)38)30-17-11-18-31(27-30)33-22-12-23-37-36-21-9-10-24-39(36)47-40(33)37;1-3-12-29(13-4-1)41-44-42(30-14-5-2-6-15-30)46-43(45-41)31-24-22-28(23-25-31)32-26-27-35(34-17-8-7-16-33(32)34)37-19-11-20-38-36-18-9-10-21-39(36)47-40(37)38;1-3-12-26(13-4-1)37-40-38(27-14-5-2-6-15-27)42-39(41-37)31-19-10-17-29(25-31)28-16-9-18-30(24-28)32-21-11-23-35-36(32)33-20-7-8-22-34(33)43-35/h2*1-27H;1-25H. The van der Waals surface area contributed by atoms with Gasteiger partial charge in [0, 0.05) is 107 Å². The lowest BCUT2D eigenvalue weighted by Crippen LogP contribution is -2.00. The Morgan fingerprint density at radius 2 is 0.401 bits per heavy atom. The molecule has 137 heavy (non-hydrogen) atoms. The molecule has 0 bridgehead atoms. The zero-order chi connectivity index (χ0) is 90.9. The van der Waals surface area contributed by atoms with Crippen molar-refractivity contribution in [3.05, 3.63) is 479 Å². The molecular formula is C125H79N9OS2. The van der Waals surface area contributed by atoms with Crippen LogP contribution in [0.2, 0.25) is 0 Å². The molecule has 642 valence electrons. The Morgan fingerprint density at radius 3 is 0.869 bits per heavy atom. The molecule has 26 rings (SSSR count). The third-order valence-electron chi connectivity index (χ3n) is 25.3. The molecule has 0 N–H and O–H groups in total. The zero-order valence-electron chi connectivity index (χ0n) is 73.9. The molecule has 0 radical (unpaired) electrons. The highest BCUT2D eigenvalue weighted by molar-refractivity contribution is 7.26. The molecule has 20 aromatic carbocycles. The first-order valence-electron chi connectivity index (χ1n) is 45.7. The lowest BCUT2D eigenvalue weighted by Gasteiger charge is -2.14. The summed E-state index contributed by atoms with van der Waals surface area (Å²) < 4.78 is 11.5. The molecule has 0 unspecified atom stereocenters. The van der Waals surface area contributed by atoms with E-state index in [0.29, 0.717) is 52.4 Å². The van der Waals surface area contributed by atoms with E-state index in [0.717, 1.165) is 111 Å². The molecule has 10 nitrogen and oxygen atoms in total. The van der Waals surface area contributed by atoms with Crippen molar-refractivity contribution in [3.63, 3.8) is 0 Å². The highest BCUT2D eigenvalue weighted by Gasteiger charge is 2.23. The Balaban J connectivity index is 0.000000112. The molecular weight excluding hydrogens is 1710 g/mol.